The Kier molecular flexibility index (Phi) is 5.82. The molecular weight excluding hydrogens is 297 g/mol. The summed E-state index contributed by atoms with van der Waals surface area (Å²) in [7, 11) is 0. The predicted octanol–water partition coefficient (Wildman–Crippen LogP) is 1.79. The molecule has 110 valence electrons. The number of nitrogens with one attached hydrogen (secondary N) is 2. The van der Waals surface area contributed by atoms with E-state index in [0.717, 1.165) is 12.1 Å². The third-order valence-electron chi connectivity index (χ3n) is 2.33. The molecule has 1 rings (SSSR count). The summed E-state index contributed by atoms with van der Waals surface area (Å²) in [6.45, 7) is 0.0964. The second-order valence-corrected chi connectivity index (χ2v) is 4.05. The number of carbonyl (C=O) groups is 2. The van der Waals surface area contributed by atoms with Crippen LogP contribution in [0.5, 0.6) is 0 Å². The van der Waals surface area contributed by atoms with Crippen LogP contribution in [0.4, 0.5) is 13.2 Å². The lowest BCUT2D eigenvalue weighted by Crippen LogP contribution is -2.35. The fourth-order valence-corrected chi connectivity index (χ4v) is 1.54. The van der Waals surface area contributed by atoms with Gasteiger partial charge in [-0.05, 0) is 12.1 Å². The number of hydrogen-bond acceptors (Lipinski definition) is 2. The number of alkyl halides is 4. The first-order valence-electron chi connectivity index (χ1n) is 5.63. The minimum absolute atomic E-state index is 0.00759. The van der Waals surface area contributed by atoms with Crippen molar-refractivity contribution in [2.75, 3.05) is 19.0 Å². The zero-order chi connectivity index (χ0) is 15.2. The van der Waals surface area contributed by atoms with Crippen molar-refractivity contribution in [3.8, 4) is 0 Å². The first-order chi connectivity index (χ1) is 9.36. The van der Waals surface area contributed by atoms with Crippen LogP contribution in [0.25, 0.3) is 0 Å². The summed E-state index contributed by atoms with van der Waals surface area (Å²) in [6.07, 6.45) is -4.60. The third kappa shape index (κ3) is 4.73. The number of carbonyl (C=O) groups excluding carboxylic acids is 2. The summed E-state index contributed by atoms with van der Waals surface area (Å²) >= 11 is 5.24. The van der Waals surface area contributed by atoms with Crippen LogP contribution in [-0.2, 0) is 11.0 Å². The quantitative estimate of drug-likeness (QED) is 0.643. The normalized spacial score (nSPS) is 11.0. The van der Waals surface area contributed by atoms with Crippen molar-refractivity contribution in [3.05, 3.63) is 35.4 Å². The molecule has 0 heterocycles. The fourth-order valence-electron chi connectivity index (χ4n) is 1.45. The van der Waals surface area contributed by atoms with E-state index in [-0.39, 0.29) is 19.0 Å². The van der Waals surface area contributed by atoms with Gasteiger partial charge in [0, 0.05) is 13.1 Å². The molecule has 0 unspecified atom stereocenters. The van der Waals surface area contributed by atoms with E-state index in [4.69, 9.17) is 11.6 Å². The van der Waals surface area contributed by atoms with Gasteiger partial charge in [0.05, 0.1) is 11.1 Å². The van der Waals surface area contributed by atoms with Gasteiger partial charge in [-0.1, -0.05) is 12.1 Å². The van der Waals surface area contributed by atoms with E-state index in [2.05, 4.69) is 10.6 Å². The summed E-state index contributed by atoms with van der Waals surface area (Å²) in [5, 5.41) is 4.67. The van der Waals surface area contributed by atoms with Crippen LogP contribution in [-0.4, -0.2) is 30.8 Å². The molecule has 0 aliphatic rings. The van der Waals surface area contributed by atoms with Crippen LogP contribution in [0.2, 0.25) is 0 Å². The second-order valence-electron chi connectivity index (χ2n) is 3.78. The van der Waals surface area contributed by atoms with Gasteiger partial charge in [0.2, 0.25) is 5.91 Å². The van der Waals surface area contributed by atoms with E-state index in [9.17, 15) is 22.8 Å². The van der Waals surface area contributed by atoms with Gasteiger partial charge in [-0.25, -0.2) is 0 Å². The largest absolute Gasteiger partial charge is 0.417 e. The van der Waals surface area contributed by atoms with E-state index >= 15 is 0 Å². The topological polar surface area (TPSA) is 58.2 Å². The SMILES string of the molecule is O=C(CCl)NCCNC(=O)c1ccccc1C(F)(F)F. The van der Waals surface area contributed by atoms with Gasteiger partial charge in [0.1, 0.15) is 5.88 Å². The van der Waals surface area contributed by atoms with Crippen molar-refractivity contribution >= 4 is 23.4 Å². The average Bonchev–Trinajstić information content (AvgIpc) is 2.42. The molecule has 2 N–H and O–H groups in total. The first kappa shape index (κ1) is 16.3. The fraction of sp³-hybridized carbons (Fsp3) is 0.333. The molecule has 0 saturated carbocycles. The Morgan fingerprint density at radius 1 is 1.10 bits per heavy atom. The maximum absolute atomic E-state index is 12.7. The molecule has 2 amide bonds. The third-order valence-corrected chi connectivity index (χ3v) is 2.57. The van der Waals surface area contributed by atoms with Crippen molar-refractivity contribution < 1.29 is 22.8 Å². The molecule has 1 aromatic rings. The minimum Gasteiger partial charge on any atom is -0.353 e. The van der Waals surface area contributed by atoms with E-state index in [1.54, 1.807) is 0 Å². The lowest BCUT2D eigenvalue weighted by molar-refractivity contribution is -0.138. The predicted molar refractivity (Wildman–Crippen MR) is 67.5 cm³/mol. The molecule has 0 spiro atoms. The molecule has 0 aromatic heterocycles. The zero-order valence-electron chi connectivity index (χ0n) is 10.3. The van der Waals surface area contributed by atoms with Gasteiger partial charge >= 0.3 is 6.18 Å². The summed E-state index contributed by atoms with van der Waals surface area (Å²) in [5.74, 6) is -1.49. The smallest absolute Gasteiger partial charge is 0.353 e. The molecule has 0 radical (unpaired) electrons. The Balaban J connectivity index is 2.62. The molecule has 0 aliphatic carbocycles. The van der Waals surface area contributed by atoms with Crippen molar-refractivity contribution in [1.29, 1.82) is 0 Å². The van der Waals surface area contributed by atoms with E-state index in [1.807, 2.05) is 0 Å². The molecule has 0 aliphatic heterocycles. The Labute approximate surface area is 118 Å². The van der Waals surface area contributed by atoms with Crippen molar-refractivity contribution in [2.45, 2.75) is 6.18 Å². The Hall–Kier alpha value is -1.76. The van der Waals surface area contributed by atoms with Gasteiger partial charge in [-0.2, -0.15) is 13.2 Å². The van der Waals surface area contributed by atoms with Gasteiger partial charge in [0.25, 0.3) is 5.91 Å². The lowest BCUT2D eigenvalue weighted by Gasteiger charge is -2.12. The molecule has 8 heteroatoms. The number of halogens is 4. The summed E-state index contributed by atoms with van der Waals surface area (Å²) in [4.78, 5) is 22.5. The highest BCUT2D eigenvalue weighted by Crippen LogP contribution is 2.31. The number of hydrogen-bond donors (Lipinski definition) is 2. The first-order valence-corrected chi connectivity index (χ1v) is 6.16. The molecule has 4 nitrogen and oxygen atoms in total. The molecule has 1 aromatic carbocycles. The Morgan fingerprint density at radius 2 is 1.70 bits per heavy atom. The van der Waals surface area contributed by atoms with Crippen LogP contribution in [0.1, 0.15) is 15.9 Å². The molecule has 0 fully saturated rings. The van der Waals surface area contributed by atoms with E-state index in [1.165, 1.54) is 12.1 Å². The van der Waals surface area contributed by atoms with Crippen LogP contribution in [0.3, 0.4) is 0 Å². The minimum atomic E-state index is -4.60. The zero-order valence-corrected chi connectivity index (χ0v) is 11.0. The number of amides is 2. The lowest BCUT2D eigenvalue weighted by atomic mass is 10.1. The Morgan fingerprint density at radius 3 is 2.30 bits per heavy atom. The molecular formula is C12H12ClF3N2O2. The maximum Gasteiger partial charge on any atom is 0.417 e. The molecule has 20 heavy (non-hydrogen) atoms. The van der Waals surface area contributed by atoms with Crippen LogP contribution < -0.4 is 10.6 Å². The van der Waals surface area contributed by atoms with Crippen molar-refractivity contribution in [3.63, 3.8) is 0 Å². The highest BCUT2D eigenvalue weighted by molar-refractivity contribution is 6.27. The molecule has 0 bridgehead atoms. The van der Waals surface area contributed by atoms with E-state index in [0.29, 0.717) is 0 Å². The van der Waals surface area contributed by atoms with Crippen LogP contribution >= 0.6 is 11.6 Å². The maximum atomic E-state index is 12.7. The Bertz CT molecular complexity index is 492. The number of rotatable bonds is 5. The summed E-state index contributed by atoms with van der Waals surface area (Å²) in [5.41, 5.74) is -1.45. The second kappa shape index (κ2) is 7.14. The molecule has 0 atom stereocenters. The van der Waals surface area contributed by atoms with Crippen molar-refractivity contribution in [2.24, 2.45) is 0 Å². The van der Waals surface area contributed by atoms with E-state index < -0.39 is 29.1 Å². The highest BCUT2D eigenvalue weighted by atomic mass is 35.5. The average molecular weight is 309 g/mol. The number of benzene rings is 1. The monoisotopic (exact) mass is 308 g/mol. The van der Waals surface area contributed by atoms with Crippen LogP contribution in [0.15, 0.2) is 24.3 Å². The van der Waals surface area contributed by atoms with Crippen molar-refractivity contribution in [1.82, 2.24) is 10.6 Å². The van der Waals surface area contributed by atoms with Crippen LogP contribution in [0, 0.1) is 0 Å². The van der Waals surface area contributed by atoms with Gasteiger partial charge in [0.15, 0.2) is 0 Å². The standard InChI is InChI=1S/C12H12ClF3N2O2/c13-7-10(19)17-5-6-18-11(20)8-3-1-2-4-9(8)12(14,15)16/h1-4H,5-7H2,(H,17,19)(H,18,20). The molecule has 0 saturated heterocycles. The van der Waals surface area contributed by atoms with Gasteiger partial charge in [-0.3, -0.25) is 9.59 Å². The highest BCUT2D eigenvalue weighted by Gasteiger charge is 2.34. The summed E-state index contributed by atoms with van der Waals surface area (Å²) in [6, 6.07) is 4.49. The summed E-state index contributed by atoms with van der Waals surface area (Å²) < 4.78 is 38.1. The van der Waals surface area contributed by atoms with Gasteiger partial charge < -0.3 is 10.6 Å². The van der Waals surface area contributed by atoms with Gasteiger partial charge in [-0.15, -0.1) is 11.6 Å².